The molecule has 2 aromatic carbocycles. The monoisotopic (exact) mass is 454 g/mol. The molecule has 0 aliphatic heterocycles. The standard InChI is InChI=1S/C14H10BrClFIO/c15-12-4-3-10(18)7-11(12)14(19)5-8-1-2-9(17)6-13(8)16/h1-4,6-7,14,19H,5H2. The van der Waals surface area contributed by atoms with E-state index in [1.807, 2.05) is 18.2 Å². The van der Waals surface area contributed by atoms with Crippen molar-refractivity contribution in [3.05, 3.63) is 66.4 Å². The molecule has 0 spiro atoms. The Labute approximate surface area is 138 Å². The van der Waals surface area contributed by atoms with Gasteiger partial charge in [-0.1, -0.05) is 33.6 Å². The van der Waals surface area contributed by atoms with E-state index in [0.717, 1.165) is 19.2 Å². The lowest BCUT2D eigenvalue weighted by Gasteiger charge is -2.14. The number of hydrogen-bond acceptors (Lipinski definition) is 1. The molecule has 0 saturated heterocycles. The van der Waals surface area contributed by atoms with Gasteiger partial charge in [-0.25, -0.2) is 4.39 Å². The highest BCUT2D eigenvalue weighted by Crippen LogP contribution is 2.29. The summed E-state index contributed by atoms with van der Waals surface area (Å²) in [5.74, 6) is -0.376. The molecule has 0 saturated carbocycles. The van der Waals surface area contributed by atoms with Gasteiger partial charge in [0.05, 0.1) is 6.10 Å². The second-order valence-electron chi connectivity index (χ2n) is 4.12. The lowest BCUT2D eigenvalue weighted by atomic mass is 10.0. The lowest BCUT2D eigenvalue weighted by molar-refractivity contribution is 0.177. The summed E-state index contributed by atoms with van der Waals surface area (Å²) < 4.78 is 14.9. The molecule has 1 atom stereocenters. The zero-order valence-corrected chi connectivity index (χ0v) is 14.2. The summed E-state index contributed by atoms with van der Waals surface area (Å²) in [6.45, 7) is 0. The van der Waals surface area contributed by atoms with Gasteiger partial charge in [0.15, 0.2) is 0 Å². The molecule has 0 aliphatic rings. The third-order valence-corrected chi connectivity index (χ3v) is 4.49. The van der Waals surface area contributed by atoms with E-state index in [1.54, 1.807) is 6.07 Å². The topological polar surface area (TPSA) is 20.2 Å². The minimum absolute atomic E-state index is 0.334. The molecule has 100 valence electrons. The first kappa shape index (κ1) is 15.2. The van der Waals surface area contributed by atoms with Crippen LogP contribution in [0.1, 0.15) is 17.2 Å². The first-order chi connectivity index (χ1) is 8.97. The molecule has 0 aromatic heterocycles. The van der Waals surface area contributed by atoms with Crippen molar-refractivity contribution in [2.24, 2.45) is 0 Å². The van der Waals surface area contributed by atoms with Gasteiger partial charge in [-0.05, 0) is 64.0 Å². The fraction of sp³-hybridized carbons (Fsp3) is 0.143. The molecular weight excluding hydrogens is 445 g/mol. The Hall–Kier alpha value is -0.170. The Morgan fingerprint density at radius 3 is 2.68 bits per heavy atom. The maximum atomic E-state index is 13.0. The SMILES string of the molecule is OC(Cc1ccc(F)cc1Cl)c1cc(I)ccc1Br. The number of aliphatic hydroxyl groups excluding tert-OH is 1. The van der Waals surface area contributed by atoms with Crippen molar-refractivity contribution in [2.75, 3.05) is 0 Å². The van der Waals surface area contributed by atoms with Crippen LogP contribution in [0.2, 0.25) is 5.02 Å². The molecule has 0 amide bonds. The predicted octanol–water partition coefficient (Wildman–Crippen LogP) is 5.12. The van der Waals surface area contributed by atoms with Crippen molar-refractivity contribution in [1.82, 2.24) is 0 Å². The fourth-order valence-corrected chi connectivity index (χ4v) is 3.05. The average Bonchev–Trinajstić information content (AvgIpc) is 2.35. The molecule has 0 fully saturated rings. The van der Waals surface area contributed by atoms with Gasteiger partial charge in [-0.2, -0.15) is 0 Å². The molecular formula is C14H10BrClFIO. The van der Waals surface area contributed by atoms with Gasteiger partial charge in [0, 0.05) is 19.5 Å². The highest BCUT2D eigenvalue weighted by atomic mass is 127. The van der Waals surface area contributed by atoms with E-state index in [4.69, 9.17) is 11.6 Å². The fourth-order valence-electron chi connectivity index (χ4n) is 1.78. The van der Waals surface area contributed by atoms with Crippen molar-refractivity contribution < 1.29 is 9.50 Å². The Morgan fingerprint density at radius 2 is 2.00 bits per heavy atom. The number of halogens is 4. The van der Waals surface area contributed by atoms with E-state index in [2.05, 4.69) is 38.5 Å². The number of aliphatic hydroxyl groups is 1. The second kappa shape index (κ2) is 6.52. The minimum atomic E-state index is -0.688. The summed E-state index contributed by atoms with van der Waals surface area (Å²) >= 11 is 11.6. The summed E-state index contributed by atoms with van der Waals surface area (Å²) in [5.41, 5.74) is 1.52. The molecule has 19 heavy (non-hydrogen) atoms. The van der Waals surface area contributed by atoms with Crippen LogP contribution < -0.4 is 0 Å². The van der Waals surface area contributed by atoms with Crippen LogP contribution >= 0.6 is 50.1 Å². The summed E-state index contributed by atoms with van der Waals surface area (Å²) in [6.07, 6.45) is -0.343. The molecule has 0 radical (unpaired) electrons. The Bertz CT molecular complexity index is 606. The summed E-state index contributed by atoms with van der Waals surface area (Å²) in [7, 11) is 0. The van der Waals surface area contributed by atoms with Crippen LogP contribution in [-0.4, -0.2) is 5.11 Å². The van der Waals surface area contributed by atoms with Gasteiger partial charge >= 0.3 is 0 Å². The molecule has 0 heterocycles. The van der Waals surface area contributed by atoms with E-state index in [0.29, 0.717) is 11.4 Å². The minimum Gasteiger partial charge on any atom is -0.388 e. The second-order valence-corrected chi connectivity index (χ2v) is 6.63. The number of hydrogen-bond donors (Lipinski definition) is 1. The largest absolute Gasteiger partial charge is 0.388 e. The summed E-state index contributed by atoms with van der Waals surface area (Å²) in [4.78, 5) is 0. The van der Waals surface area contributed by atoms with Crippen molar-refractivity contribution in [1.29, 1.82) is 0 Å². The van der Waals surface area contributed by atoms with Crippen LogP contribution in [-0.2, 0) is 6.42 Å². The van der Waals surface area contributed by atoms with E-state index in [-0.39, 0.29) is 5.82 Å². The molecule has 0 bridgehead atoms. The van der Waals surface area contributed by atoms with Gasteiger partial charge in [0.25, 0.3) is 0 Å². The van der Waals surface area contributed by atoms with Crippen molar-refractivity contribution >= 4 is 50.1 Å². The van der Waals surface area contributed by atoms with Gasteiger partial charge in [-0.15, -0.1) is 0 Å². The van der Waals surface area contributed by atoms with Gasteiger partial charge in [0.2, 0.25) is 0 Å². The Balaban J connectivity index is 2.25. The number of benzene rings is 2. The smallest absolute Gasteiger partial charge is 0.124 e. The van der Waals surface area contributed by atoms with Crippen molar-refractivity contribution in [3.63, 3.8) is 0 Å². The van der Waals surface area contributed by atoms with Crippen LogP contribution in [0.4, 0.5) is 4.39 Å². The summed E-state index contributed by atoms with van der Waals surface area (Å²) in [6, 6.07) is 9.96. The quantitative estimate of drug-likeness (QED) is 0.637. The van der Waals surface area contributed by atoms with E-state index >= 15 is 0 Å². The third-order valence-electron chi connectivity index (χ3n) is 2.75. The third kappa shape index (κ3) is 3.90. The Morgan fingerprint density at radius 1 is 1.26 bits per heavy atom. The normalized spacial score (nSPS) is 12.5. The van der Waals surface area contributed by atoms with Crippen LogP contribution in [0.5, 0.6) is 0 Å². The predicted molar refractivity (Wildman–Crippen MR) is 86.9 cm³/mol. The van der Waals surface area contributed by atoms with Gasteiger partial charge in [-0.3, -0.25) is 0 Å². The molecule has 1 unspecified atom stereocenters. The average molecular weight is 455 g/mol. The van der Waals surface area contributed by atoms with Gasteiger partial charge < -0.3 is 5.11 Å². The van der Waals surface area contributed by atoms with E-state index < -0.39 is 6.10 Å². The number of rotatable bonds is 3. The highest BCUT2D eigenvalue weighted by molar-refractivity contribution is 14.1. The van der Waals surface area contributed by atoms with Crippen LogP contribution in [0.3, 0.4) is 0 Å². The van der Waals surface area contributed by atoms with Crippen molar-refractivity contribution in [3.8, 4) is 0 Å². The lowest BCUT2D eigenvalue weighted by Crippen LogP contribution is -2.04. The summed E-state index contributed by atoms with van der Waals surface area (Å²) in [5, 5.41) is 10.6. The molecule has 0 aliphatic carbocycles. The zero-order valence-electron chi connectivity index (χ0n) is 9.71. The molecule has 2 aromatic rings. The highest BCUT2D eigenvalue weighted by Gasteiger charge is 2.14. The first-order valence-electron chi connectivity index (χ1n) is 5.54. The molecule has 5 heteroatoms. The Kier molecular flexibility index (Phi) is 5.22. The molecule has 1 nitrogen and oxygen atoms in total. The van der Waals surface area contributed by atoms with Crippen LogP contribution in [0.25, 0.3) is 0 Å². The first-order valence-corrected chi connectivity index (χ1v) is 7.79. The van der Waals surface area contributed by atoms with Crippen LogP contribution in [0, 0.1) is 9.39 Å². The van der Waals surface area contributed by atoms with Gasteiger partial charge in [0.1, 0.15) is 5.82 Å². The van der Waals surface area contributed by atoms with Crippen molar-refractivity contribution in [2.45, 2.75) is 12.5 Å². The van der Waals surface area contributed by atoms with E-state index in [9.17, 15) is 9.50 Å². The zero-order chi connectivity index (χ0) is 14.0. The maximum Gasteiger partial charge on any atom is 0.124 e. The van der Waals surface area contributed by atoms with E-state index in [1.165, 1.54) is 12.1 Å². The molecule has 2 rings (SSSR count). The maximum absolute atomic E-state index is 13.0. The molecule has 1 N–H and O–H groups in total. The van der Waals surface area contributed by atoms with Crippen LogP contribution in [0.15, 0.2) is 40.9 Å².